The monoisotopic (exact) mass is 416 g/mol. The average Bonchev–Trinajstić information content (AvgIpc) is 3.28. The van der Waals surface area contributed by atoms with Gasteiger partial charge >= 0.3 is 0 Å². The molecule has 25 heavy (non-hydrogen) atoms. The first-order valence-corrected chi connectivity index (χ1v) is 10.8. The predicted molar refractivity (Wildman–Crippen MR) is 105 cm³/mol. The number of halogens is 1. The predicted octanol–water partition coefficient (Wildman–Crippen LogP) is 5.96. The van der Waals surface area contributed by atoms with Crippen LogP contribution in [-0.2, 0) is 0 Å². The normalized spacial score (nSPS) is 26.0. The number of para-hydroxylation sites is 1. The number of nitrogens with zero attached hydrogens (tertiary/aromatic N) is 2. The van der Waals surface area contributed by atoms with Crippen molar-refractivity contribution in [3.8, 4) is 5.75 Å². The van der Waals surface area contributed by atoms with Gasteiger partial charge in [-0.2, -0.15) is 5.10 Å². The van der Waals surface area contributed by atoms with Crippen molar-refractivity contribution < 1.29 is 4.74 Å². The zero-order valence-electron chi connectivity index (χ0n) is 14.0. The quantitative estimate of drug-likeness (QED) is 0.602. The molecule has 0 bridgehead atoms. The van der Waals surface area contributed by atoms with Crippen molar-refractivity contribution in [1.29, 1.82) is 0 Å². The second-order valence-electron chi connectivity index (χ2n) is 7.19. The number of hydrazone groups is 1. The Kier molecular flexibility index (Phi) is 4.09. The lowest BCUT2D eigenvalue weighted by molar-refractivity contribution is -0.0643. The van der Waals surface area contributed by atoms with Gasteiger partial charge in [0.05, 0.1) is 20.4 Å². The second kappa shape index (κ2) is 6.44. The first-order chi connectivity index (χ1) is 12.3. The molecule has 2 atom stereocenters. The molecule has 0 spiro atoms. The summed E-state index contributed by atoms with van der Waals surface area (Å²) < 4.78 is 7.65. The van der Waals surface area contributed by atoms with Crippen molar-refractivity contribution in [1.82, 2.24) is 5.01 Å². The average molecular weight is 417 g/mol. The highest BCUT2D eigenvalue weighted by molar-refractivity contribution is 9.11. The molecule has 1 saturated carbocycles. The molecule has 3 nitrogen and oxygen atoms in total. The van der Waals surface area contributed by atoms with E-state index < -0.39 is 0 Å². The maximum atomic E-state index is 6.49. The van der Waals surface area contributed by atoms with Crippen LogP contribution in [-0.4, -0.2) is 16.9 Å². The molecule has 1 fully saturated rings. The number of benzene rings is 1. The molecule has 0 unspecified atom stereocenters. The van der Waals surface area contributed by atoms with Crippen molar-refractivity contribution in [3.63, 3.8) is 0 Å². The van der Waals surface area contributed by atoms with E-state index in [-0.39, 0.29) is 6.23 Å². The summed E-state index contributed by atoms with van der Waals surface area (Å²) in [5, 5.41) is 7.34. The van der Waals surface area contributed by atoms with Crippen LogP contribution in [0.1, 0.15) is 55.0 Å². The fraction of sp³-hybridized carbons (Fsp3) is 0.450. The Morgan fingerprint density at radius 1 is 1.08 bits per heavy atom. The van der Waals surface area contributed by atoms with Gasteiger partial charge in [-0.05, 0) is 47.0 Å². The molecule has 3 heterocycles. The summed E-state index contributed by atoms with van der Waals surface area (Å²) in [6, 6.07) is 13.1. The van der Waals surface area contributed by atoms with E-state index in [0.29, 0.717) is 12.0 Å². The van der Waals surface area contributed by atoms with Crippen LogP contribution < -0.4 is 4.74 Å². The highest BCUT2D eigenvalue weighted by Gasteiger charge is 2.43. The van der Waals surface area contributed by atoms with Gasteiger partial charge in [0.25, 0.3) is 0 Å². The minimum absolute atomic E-state index is 0.0844. The van der Waals surface area contributed by atoms with Crippen molar-refractivity contribution >= 4 is 33.0 Å². The van der Waals surface area contributed by atoms with E-state index in [0.717, 1.165) is 16.0 Å². The lowest BCUT2D eigenvalue weighted by atomic mass is 9.86. The zero-order valence-corrected chi connectivity index (χ0v) is 16.4. The number of rotatable bonds is 2. The van der Waals surface area contributed by atoms with E-state index in [1.165, 1.54) is 48.3 Å². The number of ether oxygens (including phenoxy) is 1. The van der Waals surface area contributed by atoms with Gasteiger partial charge in [0.15, 0.2) is 6.23 Å². The maximum absolute atomic E-state index is 6.49. The lowest BCUT2D eigenvalue weighted by Crippen LogP contribution is -2.45. The topological polar surface area (TPSA) is 24.8 Å². The van der Waals surface area contributed by atoms with E-state index in [1.54, 1.807) is 11.3 Å². The highest BCUT2D eigenvalue weighted by atomic mass is 79.9. The Balaban J connectivity index is 1.53. The van der Waals surface area contributed by atoms with Crippen LogP contribution in [0.15, 0.2) is 45.3 Å². The van der Waals surface area contributed by atoms with Gasteiger partial charge in [-0.25, -0.2) is 5.01 Å². The van der Waals surface area contributed by atoms with E-state index >= 15 is 0 Å². The van der Waals surface area contributed by atoms with Gasteiger partial charge in [0.1, 0.15) is 5.75 Å². The third-order valence-electron chi connectivity index (χ3n) is 5.64. The Bertz CT molecular complexity index is 812. The van der Waals surface area contributed by atoms with Gasteiger partial charge in [-0.1, -0.05) is 37.5 Å². The molecule has 1 aromatic heterocycles. The first-order valence-electron chi connectivity index (χ1n) is 9.17. The van der Waals surface area contributed by atoms with E-state index in [1.807, 2.05) is 0 Å². The molecule has 5 heteroatoms. The van der Waals surface area contributed by atoms with Crippen molar-refractivity contribution in [2.24, 2.45) is 11.0 Å². The SMILES string of the molecule is Brc1ccc(C2=NN3[C@@H](C2)c2ccccc2O[C@H]3C2CCCCC2)s1. The minimum Gasteiger partial charge on any atom is -0.468 e. The fourth-order valence-electron chi connectivity index (χ4n) is 4.41. The lowest BCUT2D eigenvalue weighted by Gasteiger charge is -2.42. The number of hydrogen-bond acceptors (Lipinski definition) is 4. The minimum atomic E-state index is 0.0844. The largest absolute Gasteiger partial charge is 0.468 e. The summed E-state index contributed by atoms with van der Waals surface area (Å²) in [7, 11) is 0. The Labute approximate surface area is 160 Å². The molecule has 0 N–H and O–H groups in total. The van der Waals surface area contributed by atoms with Gasteiger partial charge < -0.3 is 4.74 Å². The van der Waals surface area contributed by atoms with E-state index in [9.17, 15) is 0 Å². The molecule has 130 valence electrons. The van der Waals surface area contributed by atoms with Crippen molar-refractivity contribution in [3.05, 3.63) is 50.6 Å². The van der Waals surface area contributed by atoms with Crippen molar-refractivity contribution in [2.75, 3.05) is 0 Å². The summed E-state index contributed by atoms with van der Waals surface area (Å²) in [4.78, 5) is 1.26. The molecular formula is C20H21BrN2OS. The van der Waals surface area contributed by atoms with Crippen LogP contribution in [0, 0.1) is 5.92 Å². The summed E-state index contributed by atoms with van der Waals surface area (Å²) >= 11 is 5.35. The summed E-state index contributed by atoms with van der Waals surface area (Å²) in [5.74, 6) is 1.64. The third kappa shape index (κ3) is 2.81. The third-order valence-corrected chi connectivity index (χ3v) is 7.31. The molecule has 2 aromatic rings. The van der Waals surface area contributed by atoms with Crippen LogP contribution in [0.2, 0.25) is 0 Å². The Morgan fingerprint density at radius 2 is 1.92 bits per heavy atom. The molecule has 0 radical (unpaired) electrons. The summed E-state index contributed by atoms with van der Waals surface area (Å²) in [5.41, 5.74) is 2.48. The Morgan fingerprint density at radius 3 is 2.72 bits per heavy atom. The summed E-state index contributed by atoms with van der Waals surface area (Å²) in [6.07, 6.45) is 7.56. The van der Waals surface area contributed by atoms with E-state index in [2.05, 4.69) is 57.3 Å². The van der Waals surface area contributed by atoms with E-state index in [4.69, 9.17) is 9.84 Å². The molecule has 3 aliphatic rings. The molecular weight excluding hydrogens is 396 g/mol. The highest BCUT2D eigenvalue weighted by Crippen LogP contribution is 2.46. The second-order valence-corrected chi connectivity index (χ2v) is 9.66. The van der Waals surface area contributed by atoms with Gasteiger partial charge in [-0.3, -0.25) is 0 Å². The number of thiophene rings is 1. The van der Waals surface area contributed by atoms with Crippen LogP contribution in [0.4, 0.5) is 0 Å². The van der Waals surface area contributed by atoms with Gasteiger partial charge in [-0.15, -0.1) is 11.3 Å². The molecule has 0 amide bonds. The van der Waals surface area contributed by atoms with Gasteiger partial charge in [0.2, 0.25) is 0 Å². The smallest absolute Gasteiger partial charge is 0.190 e. The maximum Gasteiger partial charge on any atom is 0.190 e. The fourth-order valence-corrected chi connectivity index (χ4v) is 5.79. The van der Waals surface area contributed by atoms with Crippen LogP contribution in [0.3, 0.4) is 0 Å². The number of fused-ring (bicyclic) bond motifs is 3. The van der Waals surface area contributed by atoms with Crippen molar-refractivity contribution in [2.45, 2.75) is 50.8 Å². The number of hydrogen-bond donors (Lipinski definition) is 0. The molecule has 2 aliphatic heterocycles. The summed E-state index contributed by atoms with van der Waals surface area (Å²) in [6.45, 7) is 0. The molecule has 1 aliphatic carbocycles. The molecule has 1 aromatic carbocycles. The van der Waals surface area contributed by atoms with Crippen LogP contribution in [0.5, 0.6) is 5.75 Å². The Hall–Kier alpha value is -1.33. The zero-order chi connectivity index (χ0) is 16.8. The van der Waals surface area contributed by atoms with Gasteiger partial charge in [0, 0.05) is 17.9 Å². The molecule has 0 saturated heterocycles. The molecule has 5 rings (SSSR count). The van der Waals surface area contributed by atoms with Crippen LogP contribution >= 0.6 is 27.3 Å². The first kappa shape index (κ1) is 15.9. The van der Waals surface area contributed by atoms with Crippen LogP contribution in [0.25, 0.3) is 0 Å². The standard InChI is InChI=1S/C20H21BrN2OS/c21-19-11-10-18(25-19)15-12-16-14-8-4-5-9-17(14)24-20(23(16)22-15)13-6-2-1-3-7-13/h4-5,8-11,13,16,20H,1-3,6-7,12H2/t16-,20-/m0/s1.